The van der Waals surface area contributed by atoms with E-state index in [9.17, 15) is 4.79 Å². The lowest BCUT2D eigenvalue weighted by Gasteiger charge is -2.12. The van der Waals surface area contributed by atoms with Crippen molar-refractivity contribution in [3.05, 3.63) is 64.2 Å². The molecule has 0 aromatic heterocycles. The molecule has 0 saturated carbocycles. The summed E-state index contributed by atoms with van der Waals surface area (Å²) in [5, 5.41) is 4.31. The minimum Gasteiger partial charge on any atom is -0.493 e. The summed E-state index contributed by atoms with van der Waals surface area (Å²) in [6.45, 7) is 2.05. The molecule has 128 valence electrons. The fourth-order valence-electron chi connectivity index (χ4n) is 2.35. The summed E-state index contributed by atoms with van der Waals surface area (Å²) in [6, 6.07) is 12.9. The lowest BCUT2D eigenvalue weighted by atomic mass is 10.1. The highest BCUT2D eigenvalue weighted by Crippen LogP contribution is 2.30. The fourth-order valence-corrected chi connectivity index (χ4v) is 2.54. The molecule has 1 heterocycles. The maximum absolute atomic E-state index is 11.6. The van der Waals surface area contributed by atoms with Gasteiger partial charge in [-0.2, -0.15) is 0 Å². The number of oxime groups is 1. The molecular formula is C19H16ClNO4. The minimum absolute atomic E-state index is 0.328. The number of hydrogen-bond donors (Lipinski definition) is 0. The predicted octanol–water partition coefficient (Wildman–Crippen LogP) is 4.24. The van der Waals surface area contributed by atoms with E-state index in [0.29, 0.717) is 34.4 Å². The van der Waals surface area contributed by atoms with Crippen molar-refractivity contribution in [3.63, 3.8) is 0 Å². The Kier molecular flexibility index (Phi) is 5.05. The molecule has 0 unspecified atom stereocenters. The van der Waals surface area contributed by atoms with E-state index < -0.39 is 5.97 Å². The van der Waals surface area contributed by atoms with E-state index in [0.717, 1.165) is 11.1 Å². The van der Waals surface area contributed by atoms with E-state index in [1.54, 1.807) is 32.2 Å². The van der Waals surface area contributed by atoms with E-state index in [4.69, 9.17) is 21.1 Å². The van der Waals surface area contributed by atoms with E-state index in [-0.39, 0.29) is 0 Å². The van der Waals surface area contributed by atoms with Crippen molar-refractivity contribution in [1.82, 2.24) is 0 Å². The van der Waals surface area contributed by atoms with Gasteiger partial charge in [0.25, 0.3) is 0 Å². The number of halogens is 1. The third-order valence-corrected chi connectivity index (χ3v) is 4.08. The van der Waals surface area contributed by atoms with Gasteiger partial charge >= 0.3 is 5.97 Å². The first-order valence-electron chi connectivity index (χ1n) is 7.60. The number of carbonyl (C=O) groups is 1. The number of rotatable bonds is 5. The second-order valence-corrected chi connectivity index (χ2v) is 5.81. The first kappa shape index (κ1) is 17.0. The molecule has 6 heteroatoms. The van der Waals surface area contributed by atoms with E-state index >= 15 is 0 Å². The first-order chi connectivity index (χ1) is 12.1. The Balaban J connectivity index is 1.80. The molecule has 0 radical (unpaired) electrons. The molecule has 25 heavy (non-hydrogen) atoms. The van der Waals surface area contributed by atoms with Crippen molar-refractivity contribution in [3.8, 4) is 11.5 Å². The zero-order valence-corrected chi connectivity index (χ0v) is 14.5. The highest BCUT2D eigenvalue weighted by Gasteiger charge is 2.21. The normalized spacial score (nSPS) is 15.1. The number of carbonyl (C=O) groups excluding carboxylic acids is 1. The van der Waals surface area contributed by atoms with Gasteiger partial charge in [-0.1, -0.05) is 41.0 Å². The summed E-state index contributed by atoms with van der Waals surface area (Å²) in [5.41, 5.74) is 2.64. The number of ether oxygens (including phenoxy) is 2. The van der Waals surface area contributed by atoms with Gasteiger partial charge in [-0.15, -0.1) is 0 Å². The van der Waals surface area contributed by atoms with Gasteiger partial charge in [-0.05, 0) is 36.8 Å². The smallest absolute Gasteiger partial charge is 0.367 e. The summed E-state index contributed by atoms with van der Waals surface area (Å²) in [5.74, 6) is 0.682. The average molecular weight is 358 g/mol. The topological polar surface area (TPSA) is 57.1 Å². The molecule has 0 fully saturated rings. The molecule has 2 aromatic rings. The lowest BCUT2D eigenvalue weighted by molar-refractivity contribution is -0.136. The molecule has 2 aromatic carbocycles. The number of benzene rings is 2. The summed E-state index contributed by atoms with van der Waals surface area (Å²) < 4.78 is 11.2. The van der Waals surface area contributed by atoms with Gasteiger partial charge in [0.1, 0.15) is 6.61 Å². The van der Waals surface area contributed by atoms with Gasteiger partial charge in [-0.25, -0.2) is 4.79 Å². The standard InChI is InChI=1S/C19H16ClNO4/c1-12-15(19(22)25-21-12)9-13-7-8-17(18(10-13)23-2)24-11-14-5-3-4-6-16(14)20/h3-10H,11H2,1-2H3. The molecule has 0 spiro atoms. The van der Waals surface area contributed by atoms with Gasteiger partial charge in [0.05, 0.1) is 18.4 Å². The van der Waals surface area contributed by atoms with Crippen LogP contribution < -0.4 is 9.47 Å². The zero-order valence-electron chi connectivity index (χ0n) is 13.8. The Morgan fingerprint density at radius 3 is 2.68 bits per heavy atom. The molecule has 0 saturated heterocycles. The van der Waals surface area contributed by atoms with Crippen molar-refractivity contribution in [2.45, 2.75) is 13.5 Å². The molecule has 1 aliphatic heterocycles. The van der Waals surface area contributed by atoms with Gasteiger partial charge < -0.3 is 14.3 Å². The van der Waals surface area contributed by atoms with Crippen LogP contribution in [0.3, 0.4) is 0 Å². The van der Waals surface area contributed by atoms with Crippen LogP contribution in [0.2, 0.25) is 5.02 Å². The lowest BCUT2D eigenvalue weighted by Crippen LogP contribution is -2.02. The molecule has 0 atom stereocenters. The second-order valence-electron chi connectivity index (χ2n) is 5.40. The number of methoxy groups -OCH3 is 1. The van der Waals surface area contributed by atoms with Crippen molar-refractivity contribution >= 4 is 29.4 Å². The molecule has 0 aliphatic carbocycles. The quantitative estimate of drug-likeness (QED) is 0.593. The van der Waals surface area contributed by atoms with Gasteiger partial charge in [0.2, 0.25) is 0 Å². The molecule has 0 amide bonds. The summed E-state index contributed by atoms with van der Waals surface area (Å²) in [7, 11) is 1.56. The van der Waals surface area contributed by atoms with Crippen molar-refractivity contribution in [1.29, 1.82) is 0 Å². The third kappa shape index (κ3) is 3.83. The second kappa shape index (κ2) is 7.40. The summed E-state index contributed by atoms with van der Waals surface area (Å²) >= 11 is 6.14. The average Bonchev–Trinajstić information content (AvgIpc) is 2.93. The van der Waals surface area contributed by atoms with Crippen LogP contribution in [0.15, 0.2) is 53.2 Å². The van der Waals surface area contributed by atoms with Crippen LogP contribution >= 0.6 is 11.6 Å². The first-order valence-corrected chi connectivity index (χ1v) is 7.98. The van der Waals surface area contributed by atoms with E-state index in [1.807, 2.05) is 30.3 Å². The zero-order chi connectivity index (χ0) is 17.8. The Labute approximate surface area is 150 Å². The van der Waals surface area contributed by atoms with Gasteiger partial charge in [0.15, 0.2) is 11.5 Å². The molecule has 0 N–H and O–H groups in total. The number of hydrogen-bond acceptors (Lipinski definition) is 5. The van der Waals surface area contributed by atoms with E-state index in [1.165, 1.54) is 0 Å². The van der Waals surface area contributed by atoms with E-state index in [2.05, 4.69) is 9.99 Å². The van der Waals surface area contributed by atoms with Crippen LogP contribution in [0.5, 0.6) is 11.5 Å². The molecule has 1 aliphatic rings. The minimum atomic E-state index is -0.462. The third-order valence-electron chi connectivity index (χ3n) is 3.71. The maximum Gasteiger partial charge on any atom is 0.367 e. The fraction of sp³-hybridized carbons (Fsp3) is 0.158. The molecule has 3 rings (SSSR count). The predicted molar refractivity (Wildman–Crippen MR) is 96.0 cm³/mol. The molecule has 0 bridgehead atoms. The Morgan fingerprint density at radius 1 is 1.20 bits per heavy atom. The Hall–Kier alpha value is -2.79. The Bertz CT molecular complexity index is 873. The van der Waals surface area contributed by atoms with Crippen LogP contribution in [-0.4, -0.2) is 18.8 Å². The summed E-state index contributed by atoms with van der Waals surface area (Å²) in [6.07, 6.45) is 1.70. The monoisotopic (exact) mass is 357 g/mol. The van der Waals surface area contributed by atoms with Crippen LogP contribution in [0, 0.1) is 0 Å². The SMILES string of the molecule is COc1cc(C=C2C(=O)ON=C2C)ccc1OCc1ccccc1Cl. The summed E-state index contributed by atoms with van der Waals surface area (Å²) in [4.78, 5) is 16.3. The largest absolute Gasteiger partial charge is 0.493 e. The molecule has 5 nitrogen and oxygen atoms in total. The molecular weight excluding hydrogens is 342 g/mol. The van der Waals surface area contributed by atoms with Crippen molar-refractivity contribution in [2.24, 2.45) is 5.16 Å². The van der Waals surface area contributed by atoms with Crippen LogP contribution in [0.25, 0.3) is 6.08 Å². The van der Waals surface area contributed by atoms with Crippen LogP contribution in [-0.2, 0) is 16.2 Å². The van der Waals surface area contributed by atoms with Crippen LogP contribution in [0.1, 0.15) is 18.1 Å². The maximum atomic E-state index is 11.6. The highest BCUT2D eigenvalue weighted by molar-refractivity contribution is 6.31. The highest BCUT2D eigenvalue weighted by atomic mass is 35.5. The van der Waals surface area contributed by atoms with Gasteiger partial charge in [0, 0.05) is 10.6 Å². The van der Waals surface area contributed by atoms with Gasteiger partial charge in [-0.3, -0.25) is 0 Å². The van der Waals surface area contributed by atoms with Crippen LogP contribution in [0.4, 0.5) is 0 Å². The van der Waals surface area contributed by atoms with Crippen molar-refractivity contribution < 1.29 is 19.1 Å². The Morgan fingerprint density at radius 2 is 2.00 bits per heavy atom. The van der Waals surface area contributed by atoms with Crippen molar-refractivity contribution in [2.75, 3.05) is 7.11 Å². The number of nitrogens with zero attached hydrogens (tertiary/aromatic N) is 1.